The Labute approximate surface area is 140 Å². The first-order chi connectivity index (χ1) is 11.5. The van der Waals surface area contributed by atoms with Crippen LogP contribution in [-0.4, -0.2) is 20.9 Å². The summed E-state index contributed by atoms with van der Waals surface area (Å²) >= 11 is 1.36. The Morgan fingerprint density at radius 3 is 2.88 bits per heavy atom. The Bertz CT molecular complexity index is 938. The first kappa shape index (κ1) is 16.0. The van der Waals surface area contributed by atoms with E-state index in [1.165, 1.54) is 23.5 Å². The molecule has 3 rings (SSSR count). The maximum atomic E-state index is 13.8. The van der Waals surface area contributed by atoms with Crippen LogP contribution in [0, 0.1) is 12.7 Å². The highest BCUT2D eigenvalue weighted by Crippen LogP contribution is 2.24. The van der Waals surface area contributed by atoms with Crippen molar-refractivity contribution in [2.45, 2.75) is 13.5 Å². The quantitative estimate of drug-likeness (QED) is 0.760. The third-order valence-corrected chi connectivity index (χ3v) is 4.00. The van der Waals surface area contributed by atoms with Crippen LogP contribution in [-0.2, 0) is 6.54 Å². The molecule has 0 saturated heterocycles. The summed E-state index contributed by atoms with van der Waals surface area (Å²) in [6.07, 6.45) is 1.62. The fourth-order valence-electron chi connectivity index (χ4n) is 2.22. The lowest BCUT2D eigenvalue weighted by molar-refractivity contribution is 0.0950. The van der Waals surface area contributed by atoms with E-state index in [1.807, 2.05) is 0 Å². The number of carbonyl (C=O) groups is 1. The van der Waals surface area contributed by atoms with Gasteiger partial charge in [0, 0.05) is 28.8 Å². The van der Waals surface area contributed by atoms with Gasteiger partial charge in [0.15, 0.2) is 0 Å². The number of rotatable bonds is 4. The molecule has 0 bridgehead atoms. The van der Waals surface area contributed by atoms with Crippen molar-refractivity contribution in [3.05, 3.63) is 69.1 Å². The average molecular weight is 344 g/mol. The Morgan fingerprint density at radius 1 is 1.33 bits per heavy atom. The van der Waals surface area contributed by atoms with Gasteiger partial charge >= 0.3 is 0 Å². The number of nitrogens with zero attached hydrogens (tertiary/aromatic N) is 2. The number of benzene rings is 1. The smallest absolute Gasteiger partial charge is 0.251 e. The minimum atomic E-state index is -0.516. The fraction of sp³-hybridized carbons (Fsp3) is 0.125. The number of thiazole rings is 1. The zero-order valence-electron chi connectivity index (χ0n) is 12.7. The van der Waals surface area contributed by atoms with Crippen molar-refractivity contribution >= 4 is 17.2 Å². The van der Waals surface area contributed by atoms with Crippen LogP contribution in [0.15, 0.2) is 40.6 Å². The molecule has 0 atom stereocenters. The molecule has 0 saturated carbocycles. The number of aromatic nitrogens is 3. The molecule has 2 N–H and O–H groups in total. The van der Waals surface area contributed by atoms with Crippen molar-refractivity contribution < 1.29 is 9.18 Å². The van der Waals surface area contributed by atoms with Crippen LogP contribution in [0.1, 0.15) is 21.9 Å². The molecule has 8 heteroatoms. The minimum Gasteiger partial charge on any atom is -0.346 e. The molecule has 3 aromatic rings. The van der Waals surface area contributed by atoms with Gasteiger partial charge in [0.2, 0.25) is 0 Å². The normalized spacial score (nSPS) is 10.6. The predicted molar refractivity (Wildman–Crippen MR) is 88.3 cm³/mol. The third-order valence-electron chi connectivity index (χ3n) is 3.18. The van der Waals surface area contributed by atoms with E-state index in [0.29, 0.717) is 22.1 Å². The lowest BCUT2D eigenvalue weighted by Gasteiger charge is -2.07. The maximum absolute atomic E-state index is 13.8. The maximum Gasteiger partial charge on any atom is 0.251 e. The van der Waals surface area contributed by atoms with Crippen LogP contribution in [0.4, 0.5) is 4.39 Å². The SMILES string of the molecule is Cc1nc(CNC(=O)c2cc(F)cc(-c3nccs3)c2)cc(=O)[nH]1. The predicted octanol–water partition coefficient (Wildman–Crippen LogP) is 2.27. The van der Waals surface area contributed by atoms with Crippen molar-refractivity contribution in [3.8, 4) is 10.6 Å². The van der Waals surface area contributed by atoms with Crippen LogP contribution < -0.4 is 10.9 Å². The van der Waals surface area contributed by atoms with Gasteiger partial charge in [0.25, 0.3) is 11.5 Å². The first-order valence-electron chi connectivity index (χ1n) is 7.07. The number of aryl methyl sites for hydroxylation is 1. The number of aromatic amines is 1. The van der Waals surface area contributed by atoms with Crippen LogP contribution in [0.5, 0.6) is 0 Å². The topological polar surface area (TPSA) is 87.7 Å². The lowest BCUT2D eigenvalue weighted by atomic mass is 10.1. The van der Waals surface area contributed by atoms with Crippen molar-refractivity contribution in [2.75, 3.05) is 0 Å². The number of amides is 1. The largest absolute Gasteiger partial charge is 0.346 e. The Morgan fingerprint density at radius 2 is 2.17 bits per heavy atom. The summed E-state index contributed by atoms with van der Waals surface area (Å²) in [5, 5.41) is 5.04. The molecule has 6 nitrogen and oxygen atoms in total. The van der Waals surface area contributed by atoms with E-state index in [0.717, 1.165) is 6.07 Å². The molecule has 0 unspecified atom stereocenters. The van der Waals surface area contributed by atoms with Crippen molar-refractivity contribution in [1.29, 1.82) is 0 Å². The summed E-state index contributed by atoms with van der Waals surface area (Å²) in [5.41, 5.74) is 0.867. The highest BCUT2D eigenvalue weighted by Gasteiger charge is 2.11. The number of nitrogens with one attached hydrogen (secondary N) is 2. The van der Waals surface area contributed by atoms with E-state index in [-0.39, 0.29) is 17.7 Å². The molecule has 1 aromatic carbocycles. The molecular weight excluding hydrogens is 331 g/mol. The van der Waals surface area contributed by atoms with E-state index in [4.69, 9.17) is 0 Å². The van der Waals surface area contributed by atoms with Gasteiger partial charge in [-0.2, -0.15) is 0 Å². The Balaban J connectivity index is 1.79. The highest BCUT2D eigenvalue weighted by atomic mass is 32.1. The van der Waals surface area contributed by atoms with Crippen molar-refractivity contribution in [2.24, 2.45) is 0 Å². The van der Waals surface area contributed by atoms with E-state index < -0.39 is 11.7 Å². The van der Waals surface area contributed by atoms with Gasteiger partial charge in [-0.05, 0) is 25.1 Å². The van der Waals surface area contributed by atoms with Gasteiger partial charge < -0.3 is 10.3 Å². The van der Waals surface area contributed by atoms with Crippen molar-refractivity contribution in [1.82, 2.24) is 20.3 Å². The molecule has 0 radical (unpaired) electrons. The van der Waals surface area contributed by atoms with Crippen molar-refractivity contribution in [3.63, 3.8) is 0 Å². The van der Waals surface area contributed by atoms with Gasteiger partial charge in [-0.1, -0.05) is 0 Å². The third kappa shape index (κ3) is 3.72. The summed E-state index contributed by atoms with van der Waals surface area (Å²) in [4.78, 5) is 34.4. The first-order valence-corrected chi connectivity index (χ1v) is 7.95. The van der Waals surface area contributed by atoms with E-state index >= 15 is 0 Å². The number of hydrogen-bond donors (Lipinski definition) is 2. The van der Waals surface area contributed by atoms with Crippen LogP contribution in [0.25, 0.3) is 10.6 Å². The van der Waals surface area contributed by atoms with E-state index in [1.54, 1.807) is 24.6 Å². The molecule has 122 valence electrons. The molecule has 0 fully saturated rings. The molecule has 0 aliphatic heterocycles. The summed E-state index contributed by atoms with van der Waals surface area (Å²) in [6, 6.07) is 5.37. The second-order valence-electron chi connectivity index (χ2n) is 5.07. The molecule has 1 amide bonds. The molecular formula is C16H13FN4O2S. The van der Waals surface area contributed by atoms with Crippen LogP contribution >= 0.6 is 11.3 Å². The minimum absolute atomic E-state index is 0.0761. The summed E-state index contributed by atoms with van der Waals surface area (Å²) in [7, 11) is 0. The standard InChI is InChI=1S/C16H13FN4O2S/c1-9-20-13(7-14(22)21-9)8-19-15(23)10-4-11(6-12(17)5-10)16-18-2-3-24-16/h2-7H,8H2,1H3,(H,19,23)(H,20,21,22). The number of halogens is 1. The average Bonchev–Trinajstić information content (AvgIpc) is 3.05. The molecule has 24 heavy (non-hydrogen) atoms. The molecule has 0 spiro atoms. The summed E-state index contributed by atoms with van der Waals surface area (Å²) in [6.45, 7) is 1.73. The lowest BCUT2D eigenvalue weighted by Crippen LogP contribution is -2.25. The fourth-order valence-corrected chi connectivity index (χ4v) is 2.84. The van der Waals surface area contributed by atoms with Crippen LogP contribution in [0.3, 0.4) is 0 Å². The van der Waals surface area contributed by atoms with E-state index in [9.17, 15) is 14.0 Å². The van der Waals surface area contributed by atoms with Crippen LogP contribution in [0.2, 0.25) is 0 Å². The number of hydrogen-bond acceptors (Lipinski definition) is 5. The Hall–Kier alpha value is -2.87. The van der Waals surface area contributed by atoms with E-state index in [2.05, 4.69) is 20.3 Å². The monoisotopic (exact) mass is 344 g/mol. The zero-order valence-corrected chi connectivity index (χ0v) is 13.5. The van der Waals surface area contributed by atoms with Gasteiger partial charge in [-0.25, -0.2) is 14.4 Å². The molecule has 2 heterocycles. The zero-order chi connectivity index (χ0) is 17.1. The molecule has 0 aliphatic carbocycles. The second kappa shape index (κ2) is 6.71. The summed E-state index contributed by atoms with van der Waals surface area (Å²) < 4.78 is 13.8. The Kier molecular flexibility index (Phi) is 4.48. The van der Waals surface area contributed by atoms with Gasteiger partial charge in [-0.15, -0.1) is 11.3 Å². The summed E-state index contributed by atoms with van der Waals surface area (Å²) in [5.74, 6) is -0.506. The molecule has 0 aliphatic rings. The molecule has 2 aromatic heterocycles. The van der Waals surface area contributed by atoms with Gasteiger partial charge in [0.05, 0.1) is 12.2 Å². The highest BCUT2D eigenvalue weighted by molar-refractivity contribution is 7.13. The second-order valence-corrected chi connectivity index (χ2v) is 5.97. The number of carbonyl (C=O) groups excluding carboxylic acids is 1. The number of H-pyrrole nitrogens is 1. The van der Waals surface area contributed by atoms with Gasteiger partial charge in [-0.3, -0.25) is 9.59 Å². The van der Waals surface area contributed by atoms with Gasteiger partial charge in [0.1, 0.15) is 16.6 Å².